The molecule has 0 radical (unpaired) electrons. The maximum atomic E-state index is 11.8. The van der Waals surface area contributed by atoms with E-state index in [1.54, 1.807) is 6.92 Å². The van der Waals surface area contributed by atoms with Crippen molar-refractivity contribution in [1.82, 2.24) is 5.32 Å². The number of ether oxygens (including phenoxy) is 1. The van der Waals surface area contributed by atoms with Crippen LogP contribution in [0.1, 0.15) is 19.8 Å². The number of aliphatic hydroxyl groups excluding tert-OH is 1. The summed E-state index contributed by atoms with van der Waals surface area (Å²) in [5, 5.41) is 10.6. The quantitative estimate of drug-likeness (QED) is 0.651. The van der Waals surface area contributed by atoms with Crippen LogP contribution in [-0.4, -0.2) is 43.1 Å². The normalized spacial score (nSPS) is 13.6. The van der Waals surface area contributed by atoms with Crippen LogP contribution in [0.4, 0.5) is 13.2 Å². The zero-order valence-electron chi connectivity index (χ0n) is 9.01. The molecule has 0 rings (SSSR count). The Bertz CT molecular complexity index is 209. The molecule has 7 heteroatoms. The van der Waals surface area contributed by atoms with Crippen molar-refractivity contribution in [2.24, 2.45) is 0 Å². The third kappa shape index (κ3) is 7.47. The van der Waals surface area contributed by atoms with Gasteiger partial charge in [0.1, 0.15) is 0 Å². The Morgan fingerprint density at radius 3 is 2.62 bits per heavy atom. The minimum absolute atomic E-state index is 0.0879. The Kier molecular flexibility index (Phi) is 7.07. The molecule has 0 aromatic carbocycles. The lowest BCUT2D eigenvalue weighted by atomic mass is 10.3. The Labute approximate surface area is 91.8 Å². The molecular weight excluding hydrogens is 227 g/mol. The van der Waals surface area contributed by atoms with E-state index in [1.165, 1.54) is 0 Å². The van der Waals surface area contributed by atoms with Crippen molar-refractivity contribution in [1.29, 1.82) is 0 Å². The monoisotopic (exact) mass is 243 g/mol. The third-order valence-electron chi connectivity index (χ3n) is 1.77. The summed E-state index contributed by atoms with van der Waals surface area (Å²) in [7, 11) is 0. The highest BCUT2D eigenvalue weighted by atomic mass is 19.4. The number of hydrogen-bond acceptors (Lipinski definition) is 3. The number of rotatable bonds is 7. The number of halogens is 3. The van der Waals surface area contributed by atoms with Gasteiger partial charge in [-0.1, -0.05) is 0 Å². The van der Waals surface area contributed by atoms with Crippen LogP contribution in [0.25, 0.3) is 0 Å². The molecular formula is C9H16F3NO3. The van der Waals surface area contributed by atoms with Crippen molar-refractivity contribution >= 4 is 5.91 Å². The predicted octanol–water partition coefficient (Wildman–Crippen LogP) is 0.843. The Balaban J connectivity index is 3.58. The fourth-order valence-electron chi connectivity index (χ4n) is 0.894. The number of hydrogen-bond donors (Lipinski definition) is 2. The van der Waals surface area contributed by atoms with Crippen molar-refractivity contribution < 1.29 is 27.8 Å². The molecule has 1 unspecified atom stereocenters. The number of amides is 1. The Morgan fingerprint density at radius 2 is 2.12 bits per heavy atom. The Morgan fingerprint density at radius 1 is 1.50 bits per heavy atom. The van der Waals surface area contributed by atoms with E-state index in [9.17, 15) is 18.0 Å². The Hall–Kier alpha value is -0.820. The molecule has 0 bridgehead atoms. The lowest BCUT2D eigenvalue weighted by Gasteiger charge is -2.14. The average molecular weight is 243 g/mol. The van der Waals surface area contributed by atoms with Gasteiger partial charge in [-0.2, -0.15) is 13.2 Å². The SMILES string of the molecule is CCOCCCC(=O)NCC(O)C(F)(F)F. The van der Waals surface area contributed by atoms with Gasteiger partial charge in [-0.3, -0.25) is 4.79 Å². The summed E-state index contributed by atoms with van der Waals surface area (Å²) in [6.45, 7) is 1.93. The molecule has 0 saturated heterocycles. The van der Waals surface area contributed by atoms with E-state index in [0.717, 1.165) is 0 Å². The first kappa shape index (κ1) is 15.2. The van der Waals surface area contributed by atoms with Gasteiger partial charge in [0.25, 0.3) is 0 Å². The zero-order valence-corrected chi connectivity index (χ0v) is 9.01. The van der Waals surface area contributed by atoms with E-state index in [1.807, 2.05) is 5.32 Å². The molecule has 0 saturated carbocycles. The number of nitrogens with one attached hydrogen (secondary N) is 1. The van der Waals surface area contributed by atoms with Gasteiger partial charge < -0.3 is 15.2 Å². The van der Waals surface area contributed by atoms with Crippen LogP contribution in [0.5, 0.6) is 0 Å². The largest absolute Gasteiger partial charge is 0.416 e. The molecule has 2 N–H and O–H groups in total. The van der Waals surface area contributed by atoms with E-state index in [-0.39, 0.29) is 6.42 Å². The van der Waals surface area contributed by atoms with Crippen molar-refractivity contribution in [2.75, 3.05) is 19.8 Å². The summed E-state index contributed by atoms with van der Waals surface area (Å²) in [4.78, 5) is 11.0. The number of carbonyl (C=O) groups excluding carboxylic acids is 1. The van der Waals surface area contributed by atoms with E-state index in [4.69, 9.17) is 9.84 Å². The summed E-state index contributed by atoms with van der Waals surface area (Å²) in [5.74, 6) is -0.525. The second-order valence-corrected chi connectivity index (χ2v) is 3.16. The highest BCUT2D eigenvalue weighted by Crippen LogP contribution is 2.19. The molecule has 16 heavy (non-hydrogen) atoms. The first-order chi connectivity index (χ1) is 7.38. The third-order valence-corrected chi connectivity index (χ3v) is 1.77. The van der Waals surface area contributed by atoms with Crippen molar-refractivity contribution in [3.63, 3.8) is 0 Å². The molecule has 0 aromatic heterocycles. The fourth-order valence-corrected chi connectivity index (χ4v) is 0.894. The molecule has 0 aliphatic carbocycles. The average Bonchev–Trinajstić information content (AvgIpc) is 2.19. The van der Waals surface area contributed by atoms with Gasteiger partial charge in [0.05, 0.1) is 6.54 Å². The summed E-state index contributed by atoms with van der Waals surface area (Å²) >= 11 is 0. The summed E-state index contributed by atoms with van der Waals surface area (Å²) in [6.07, 6.45) is -6.67. The maximum absolute atomic E-state index is 11.8. The van der Waals surface area contributed by atoms with Gasteiger partial charge in [-0.25, -0.2) is 0 Å². The summed E-state index contributed by atoms with van der Waals surface area (Å²) in [5.41, 5.74) is 0. The van der Waals surface area contributed by atoms with Gasteiger partial charge in [-0.05, 0) is 13.3 Å². The van der Waals surface area contributed by atoms with Crippen LogP contribution in [0.15, 0.2) is 0 Å². The maximum Gasteiger partial charge on any atom is 0.416 e. The molecule has 1 atom stereocenters. The molecule has 1 amide bonds. The number of aliphatic hydroxyl groups is 1. The predicted molar refractivity (Wildman–Crippen MR) is 50.8 cm³/mol. The van der Waals surface area contributed by atoms with Crippen LogP contribution < -0.4 is 5.32 Å². The summed E-state index contributed by atoms with van der Waals surface area (Å²) in [6, 6.07) is 0. The minimum atomic E-state index is -4.70. The van der Waals surface area contributed by atoms with Gasteiger partial charge in [0.15, 0.2) is 6.10 Å². The molecule has 0 heterocycles. The minimum Gasteiger partial charge on any atom is -0.382 e. The smallest absolute Gasteiger partial charge is 0.382 e. The summed E-state index contributed by atoms with van der Waals surface area (Å²) < 4.78 is 40.4. The van der Waals surface area contributed by atoms with Crippen molar-refractivity contribution in [2.45, 2.75) is 32.0 Å². The first-order valence-corrected chi connectivity index (χ1v) is 4.97. The second-order valence-electron chi connectivity index (χ2n) is 3.16. The van der Waals surface area contributed by atoms with Crippen molar-refractivity contribution in [3.05, 3.63) is 0 Å². The van der Waals surface area contributed by atoms with E-state index in [2.05, 4.69) is 0 Å². The standard InChI is InChI=1S/C9H16F3NO3/c1-2-16-5-3-4-8(15)13-6-7(14)9(10,11)12/h7,14H,2-6H2,1H3,(H,13,15). The van der Waals surface area contributed by atoms with Crippen LogP contribution in [0.2, 0.25) is 0 Å². The van der Waals surface area contributed by atoms with Crippen molar-refractivity contribution in [3.8, 4) is 0 Å². The molecule has 0 aliphatic heterocycles. The van der Waals surface area contributed by atoms with Gasteiger partial charge in [0.2, 0.25) is 5.91 Å². The van der Waals surface area contributed by atoms with E-state index in [0.29, 0.717) is 19.6 Å². The highest BCUT2D eigenvalue weighted by molar-refractivity contribution is 5.75. The van der Waals surface area contributed by atoms with Crippen LogP contribution in [0, 0.1) is 0 Å². The van der Waals surface area contributed by atoms with E-state index < -0.39 is 24.7 Å². The van der Waals surface area contributed by atoms with Gasteiger partial charge in [0, 0.05) is 19.6 Å². The fraction of sp³-hybridized carbons (Fsp3) is 0.889. The molecule has 96 valence electrons. The lowest BCUT2D eigenvalue weighted by Crippen LogP contribution is -2.40. The topological polar surface area (TPSA) is 58.6 Å². The van der Waals surface area contributed by atoms with Crippen LogP contribution in [0.3, 0.4) is 0 Å². The number of alkyl halides is 3. The van der Waals surface area contributed by atoms with Gasteiger partial charge >= 0.3 is 6.18 Å². The lowest BCUT2D eigenvalue weighted by molar-refractivity contribution is -0.201. The molecule has 0 spiro atoms. The molecule has 0 aliphatic rings. The molecule has 4 nitrogen and oxygen atoms in total. The molecule has 0 fully saturated rings. The number of carbonyl (C=O) groups is 1. The van der Waals surface area contributed by atoms with Crippen LogP contribution in [-0.2, 0) is 9.53 Å². The van der Waals surface area contributed by atoms with Crippen LogP contribution >= 0.6 is 0 Å². The second kappa shape index (κ2) is 7.45. The van der Waals surface area contributed by atoms with E-state index >= 15 is 0 Å². The first-order valence-electron chi connectivity index (χ1n) is 4.97. The highest BCUT2D eigenvalue weighted by Gasteiger charge is 2.38. The molecule has 0 aromatic rings. The van der Waals surface area contributed by atoms with Gasteiger partial charge in [-0.15, -0.1) is 0 Å². The zero-order chi connectivity index (χ0) is 12.6.